The number of methoxy groups -OCH3 is 1. The lowest BCUT2D eigenvalue weighted by molar-refractivity contribution is -0.118. The highest BCUT2D eigenvalue weighted by Crippen LogP contribution is 2.23. The number of nitrogens with one attached hydrogen (secondary N) is 2. The van der Waals surface area contributed by atoms with E-state index in [1.54, 1.807) is 31.4 Å². The highest BCUT2D eigenvalue weighted by molar-refractivity contribution is 5.93. The average molecular weight is 295 g/mol. The molecule has 0 radical (unpaired) electrons. The molecule has 0 unspecified atom stereocenters. The Bertz CT molecular complexity index is 465. The zero-order valence-corrected chi connectivity index (χ0v) is 12.1. The van der Waals surface area contributed by atoms with E-state index in [1.165, 1.54) is 0 Å². The van der Waals surface area contributed by atoms with Gasteiger partial charge in [-0.15, -0.1) is 0 Å². The second kappa shape index (κ2) is 9.73. The van der Waals surface area contributed by atoms with Gasteiger partial charge in [-0.1, -0.05) is 12.1 Å². The SMILES string of the molecule is COCCNCC(=O)Nc1ccccc1OCCC(N)=O. The molecule has 0 aromatic heterocycles. The maximum atomic E-state index is 11.8. The van der Waals surface area contributed by atoms with E-state index in [0.29, 0.717) is 24.6 Å². The van der Waals surface area contributed by atoms with Crippen LogP contribution < -0.4 is 21.1 Å². The quantitative estimate of drug-likeness (QED) is 0.532. The number of para-hydroxylation sites is 2. The predicted octanol–water partition coefficient (Wildman–Crippen LogP) is 0.115. The van der Waals surface area contributed by atoms with Crippen molar-refractivity contribution in [3.8, 4) is 5.75 Å². The van der Waals surface area contributed by atoms with Crippen molar-refractivity contribution in [2.45, 2.75) is 6.42 Å². The third-order valence-electron chi connectivity index (χ3n) is 2.54. The van der Waals surface area contributed by atoms with E-state index in [9.17, 15) is 9.59 Å². The molecule has 1 aromatic carbocycles. The summed E-state index contributed by atoms with van der Waals surface area (Å²) in [7, 11) is 1.60. The first-order valence-corrected chi connectivity index (χ1v) is 6.63. The van der Waals surface area contributed by atoms with Crippen LogP contribution in [0.2, 0.25) is 0 Å². The Hall–Kier alpha value is -2.12. The van der Waals surface area contributed by atoms with Gasteiger partial charge < -0.3 is 25.8 Å². The molecular formula is C14H21N3O4. The molecule has 0 aliphatic carbocycles. The maximum Gasteiger partial charge on any atom is 0.238 e. The van der Waals surface area contributed by atoms with Crippen molar-refractivity contribution >= 4 is 17.5 Å². The minimum absolute atomic E-state index is 0.126. The van der Waals surface area contributed by atoms with E-state index in [2.05, 4.69) is 10.6 Å². The molecule has 4 N–H and O–H groups in total. The summed E-state index contributed by atoms with van der Waals surface area (Å²) < 4.78 is 10.3. The molecule has 116 valence electrons. The molecule has 0 bridgehead atoms. The summed E-state index contributed by atoms with van der Waals surface area (Å²) in [5.74, 6) is -0.111. The third kappa shape index (κ3) is 7.28. The van der Waals surface area contributed by atoms with Crippen LogP contribution in [0.25, 0.3) is 0 Å². The molecule has 7 heteroatoms. The number of ether oxygens (including phenoxy) is 2. The lowest BCUT2D eigenvalue weighted by atomic mass is 10.3. The standard InChI is InChI=1S/C14H21N3O4/c1-20-9-7-16-10-14(19)17-11-4-2-3-5-12(11)21-8-6-13(15)18/h2-5,16H,6-10H2,1H3,(H2,15,18)(H,17,19). The number of carbonyl (C=O) groups is 2. The van der Waals surface area contributed by atoms with Crippen LogP contribution in [-0.2, 0) is 14.3 Å². The van der Waals surface area contributed by atoms with Crippen molar-refractivity contribution in [2.75, 3.05) is 38.7 Å². The number of amides is 2. The highest BCUT2D eigenvalue weighted by Gasteiger charge is 2.07. The normalized spacial score (nSPS) is 10.1. The molecule has 7 nitrogen and oxygen atoms in total. The summed E-state index contributed by atoms with van der Waals surface area (Å²) in [6, 6.07) is 7.02. The van der Waals surface area contributed by atoms with E-state index in [4.69, 9.17) is 15.2 Å². The van der Waals surface area contributed by atoms with E-state index in [0.717, 1.165) is 0 Å². The smallest absolute Gasteiger partial charge is 0.238 e. The summed E-state index contributed by atoms with van der Waals surface area (Å²) in [5.41, 5.74) is 5.60. The number of hydrogen-bond acceptors (Lipinski definition) is 5. The first kappa shape index (κ1) is 16.9. The van der Waals surface area contributed by atoms with Crippen LogP contribution in [0.15, 0.2) is 24.3 Å². The Kier molecular flexibility index (Phi) is 7.85. The maximum absolute atomic E-state index is 11.8. The molecule has 0 atom stereocenters. The van der Waals surface area contributed by atoms with Gasteiger partial charge in [-0.2, -0.15) is 0 Å². The van der Waals surface area contributed by atoms with Gasteiger partial charge >= 0.3 is 0 Å². The number of carbonyl (C=O) groups excluding carboxylic acids is 2. The minimum atomic E-state index is -0.432. The van der Waals surface area contributed by atoms with Crippen LogP contribution in [0.5, 0.6) is 5.75 Å². The lowest BCUT2D eigenvalue weighted by Gasteiger charge is -2.12. The van der Waals surface area contributed by atoms with Crippen molar-refractivity contribution in [3.05, 3.63) is 24.3 Å². The highest BCUT2D eigenvalue weighted by atomic mass is 16.5. The monoisotopic (exact) mass is 295 g/mol. The van der Waals surface area contributed by atoms with Crippen molar-refractivity contribution in [2.24, 2.45) is 5.73 Å². The van der Waals surface area contributed by atoms with Crippen molar-refractivity contribution in [1.29, 1.82) is 0 Å². The van der Waals surface area contributed by atoms with E-state index < -0.39 is 5.91 Å². The molecular weight excluding hydrogens is 274 g/mol. The summed E-state index contributed by atoms with van der Waals surface area (Å²) in [5, 5.41) is 5.69. The van der Waals surface area contributed by atoms with Gasteiger partial charge in [0.25, 0.3) is 0 Å². The molecule has 0 saturated heterocycles. The first-order chi connectivity index (χ1) is 10.1. The average Bonchev–Trinajstić information content (AvgIpc) is 2.45. The van der Waals surface area contributed by atoms with Crippen LogP contribution >= 0.6 is 0 Å². The number of anilines is 1. The lowest BCUT2D eigenvalue weighted by Crippen LogP contribution is -2.30. The zero-order valence-electron chi connectivity index (χ0n) is 12.1. The molecule has 0 aliphatic heterocycles. The first-order valence-electron chi connectivity index (χ1n) is 6.63. The van der Waals surface area contributed by atoms with Gasteiger partial charge in [0.05, 0.1) is 31.9 Å². The van der Waals surface area contributed by atoms with Crippen LogP contribution in [0.4, 0.5) is 5.69 Å². The molecule has 0 spiro atoms. The molecule has 1 aromatic rings. The third-order valence-corrected chi connectivity index (χ3v) is 2.54. The predicted molar refractivity (Wildman–Crippen MR) is 79.1 cm³/mol. The summed E-state index contributed by atoms with van der Waals surface area (Å²) >= 11 is 0. The summed E-state index contributed by atoms with van der Waals surface area (Å²) in [4.78, 5) is 22.4. The number of benzene rings is 1. The Morgan fingerprint density at radius 3 is 2.71 bits per heavy atom. The Balaban J connectivity index is 2.46. The number of hydrogen-bond donors (Lipinski definition) is 3. The molecule has 0 heterocycles. The minimum Gasteiger partial charge on any atom is -0.491 e. The fourth-order valence-electron chi connectivity index (χ4n) is 1.53. The number of rotatable bonds is 10. The fourth-order valence-corrected chi connectivity index (χ4v) is 1.53. The van der Waals surface area contributed by atoms with Crippen molar-refractivity contribution in [3.63, 3.8) is 0 Å². The van der Waals surface area contributed by atoms with Crippen LogP contribution in [-0.4, -0.2) is 45.2 Å². The molecule has 0 aliphatic rings. The van der Waals surface area contributed by atoms with Gasteiger partial charge in [0, 0.05) is 13.7 Å². The Morgan fingerprint density at radius 1 is 1.24 bits per heavy atom. The molecule has 1 rings (SSSR count). The van der Waals surface area contributed by atoms with E-state index >= 15 is 0 Å². The fraction of sp³-hybridized carbons (Fsp3) is 0.429. The second-order valence-electron chi connectivity index (χ2n) is 4.28. The van der Waals surface area contributed by atoms with Gasteiger partial charge in [-0.05, 0) is 12.1 Å². The largest absolute Gasteiger partial charge is 0.491 e. The summed E-state index contributed by atoms with van der Waals surface area (Å²) in [6.45, 7) is 1.49. The van der Waals surface area contributed by atoms with E-state index in [1.807, 2.05) is 0 Å². The van der Waals surface area contributed by atoms with Crippen LogP contribution in [0.1, 0.15) is 6.42 Å². The molecule has 0 saturated carbocycles. The van der Waals surface area contributed by atoms with Gasteiger partial charge in [-0.3, -0.25) is 9.59 Å². The Labute approximate surface area is 123 Å². The van der Waals surface area contributed by atoms with Gasteiger partial charge in [-0.25, -0.2) is 0 Å². The number of primary amides is 1. The van der Waals surface area contributed by atoms with Crippen molar-refractivity contribution < 1.29 is 19.1 Å². The number of nitrogens with two attached hydrogens (primary N) is 1. The van der Waals surface area contributed by atoms with Gasteiger partial charge in [0.1, 0.15) is 5.75 Å². The van der Waals surface area contributed by atoms with Crippen LogP contribution in [0, 0.1) is 0 Å². The second-order valence-corrected chi connectivity index (χ2v) is 4.28. The molecule has 2 amide bonds. The Morgan fingerprint density at radius 2 is 2.00 bits per heavy atom. The molecule has 21 heavy (non-hydrogen) atoms. The summed E-state index contributed by atoms with van der Waals surface area (Å²) in [6.07, 6.45) is 0.126. The molecule has 0 fully saturated rings. The topological polar surface area (TPSA) is 103 Å². The van der Waals surface area contributed by atoms with Crippen molar-refractivity contribution in [1.82, 2.24) is 5.32 Å². The van der Waals surface area contributed by atoms with Gasteiger partial charge in [0.2, 0.25) is 11.8 Å². The van der Waals surface area contributed by atoms with Crippen LogP contribution in [0.3, 0.4) is 0 Å². The zero-order chi connectivity index (χ0) is 15.5. The van der Waals surface area contributed by atoms with Gasteiger partial charge in [0.15, 0.2) is 0 Å². The van der Waals surface area contributed by atoms with E-state index in [-0.39, 0.29) is 25.5 Å².